The Hall–Kier alpha value is -0.130. The molecule has 2 aliphatic rings. The average Bonchev–Trinajstić information content (AvgIpc) is 2.71. The maximum Gasteiger partial charge on any atom is 0.147 e. The molecule has 18 heavy (non-hydrogen) atoms. The van der Waals surface area contributed by atoms with E-state index in [-0.39, 0.29) is 0 Å². The number of hydrogen-bond donors (Lipinski definition) is 1. The Labute approximate surface area is 111 Å². The lowest BCUT2D eigenvalue weighted by atomic mass is 9.92. The predicted molar refractivity (Wildman–Crippen MR) is 74.6 cm³/mol. The first kappa shape index (κ1) is 14.3. The molecule has 1 saturated carbocycles. The Morgan fingerprint density at radius 3 is 2.61 bits per heavy atom. The van der Waals surface area contributed by atoms with Crippen molar-refractivity contribution >= 4 is 9.84 Å². The highest BCUT2D eigenvalue weighted by Crippen LogP contribution is 2.33. The van der Waals surface area contributed by atoms with Crippen molar-refractivity contribution in [1.29, 1.82) is 0 Å². The Bertz CT molecular complexity index is 374. The van der Waals surface area contributed by atoms with Crippen LogP contribution in [0.5, 0.6) is 0 Å². The van der Waals surface area contributed by atoms with Crippen LogP contribution < -0.4 is 5.32 Å². The van der Waals surface area contributed by atoms with Gasteiger partial charge in [-0.15, -0.1) is 0 Å². The molecule has 0 aromatic carbocycles. The molecule has 1 heterocycles. The van der Waals surface area contributed by atoms with E-state index < -0.39 is 9.84 Å². The largest absolute Gasteiger partial charge is 0.308 e. The summed E-state index contributed by atoms with van der Waals surface area (Å²) in [6.45, 7) is 5.28. The van der Waals surface area contributed by atoms with Crippen LogP contribution in [0.25, 0.3) is 0 Å². The maximum absolute atomic E-state index is 11.2. The van der Waals surface area contributed by atoms with Crippen molar-refractivity contribution in [1.82, 2.24) is 10.2 Å². The van der Waals surface area contributed by atoms with Gasteiger partial charge in [-0.3, -0.25) is 4.90 Å². The van der Waals surface area contributed by atoms with Gasteiger partial charge in [0.1, 0.15) is 9.84 Å². The fraction of sp³-hybridized carbons (Fsp3) is 1.00. The zero-order chi connectivity index (χ0) is 13.2. The van der Waals surface area contributed by atoms with Crippen molar-refractivity contribution in [2.75, 3.05) is 31.6 Å². The van der Waals surface area contributed by atoms with Crippen molar-refractivity contribution in [3.8, 4) is 0 Å². The zero-order valence-corrected chi connectivity index (χ0v) is 12.4. The molecule has 0 amide bonds. The van der Waals surface area contributed by atoms with E-state index in [1.165, 1.54) is 31.9 Å². The molecule has 4 nitrogen and oxygen atoms in total. The summed E-state index contributed by atoms with van der Waals surface area (Å²) in [6.07, 6.45) is 7.31. The molecule has 1 aliphatic carbocycles. The highest BCUT2D eigenvalue weighted by molar-refractivity contribution is 7.90. The number of hydrogen-bond acceptors (Lipinski definition) is 4. The third-order valence-electron chi connectivity index (χ3n) is 4.42. The minimum absolute atomic E-state index is 0.316. The Morgan fingerprint density at radius 1 is 1.33 bits per heavy atom. The van der Waals surface area contributed by atoms with Crippen molar-refractivity contribution < 1.29 is 8.42 Å². The van der Waals surface area contributed by atoms with Gasteiger partial charge in [-0.1, -0.05) is 12.8 Å². The molecule has 0 aromatic heterocycles. The van der Waals surface area contributed by atoms with E-state index in [4.69, 9.17) is 0 Å². The van der Waals surface area contributed by atoms with E-state index in [2.05, 4.69) is 17.1 Å². The summed E-state index contributed by atoms with van der Waals surface area (Å²) >= 11 is 0. The zero-order valence-electron chi connectivity index (χ0n) is 11.6. The van der Waals surface area contributed by atoms with Gasteiger partial charge in [0.25, 0.3) is 0 Å². The van der Waals surface area contributed by atoms with Gasteiger partial charge < -0.3 is 5.32 Å². The first-order valence-corrected chi connectivity index (χ1v) is 9.13. The summed E-state index contributed by atoms with van der Waals surface area (Å²) in [5.74, 6) is 0.316. The van der Waals surface area contributed by atoms with E-state index in [9.17, 15) is 8.42 Å². The first-order valence-electron chi connectivity index (χ1n) is 7.07. The molecule has 1 saturated heterocycles. The Balaban J connectivity index is 1.86. The SMILES string of the molecule is CC1CNC2(CCCC2)CN1CCCS(C)(=O)=O. The van der Waals surface area contributed by atoms with Gasteiger partial charge in [0, 0.05) is 30.9 Å². The average molecular weight is 274 g/mol. The van der Waals surface area contributed by atoms with Gasteiger partial charge in [0.15, 0.2) is 0 Å². The summed E-state index contributed by atoms with van der Waals surface area (Å²) in [7, 11) is -2.81. The van der Waals surface area contributed by atoms with Gasteiger partial charge in [0.2, 0.25) is 0 Å². The van der Waals surface area contributed by atoms with Crippen LogP contribution in [-0.4, -0.2) is 56.5 Å². The summed E-state index contributed by atoms with van der Waals surface area (Å²) in [4.78, 5) is 2.48. The minimum atomic E-state index is -2.81. The normalized spacial score (nSPS) is 28.9. The molecule has 1 atom stereocenters. The first-order chi connectivity index (χ1) is 8.40. The van der Waals surface area contributed by atoms with Gasteiger partial charge >= 0.3 is 0 Å². The van der Waals surface area contributed by atoms with Gasteiger partial charge in [-0.25, -0.2) is 8.42 Å². The van der Waals surface area contributed by atoms with Crippen molar-refractivity contribution in [3.05, 3.63) is 0 Å². The summed E-state index contributed by atoms with van der Waals surface area (Å²) in [5, 5.41) is 3.72. The van der Waals surface area contributed by atoms with Gasteiger partial charge in [-0.05, 0) is 32.7 Å². The topological polar surface area (TPSA) is 49.4 Å². The molecule has 2 rings (SSSR count). The lowest BCUT2D eigenvalue weighted by Gasteiger charge is -2.45. The Kier molecular flexibility index (Phi) is 4.34. The number of sulfone groups is 1. The highest BCUT2D eigenvalue weighted by Gasteiger charge is 2.39. The molecule has 1 aliphatic heterocycles. The van der Waals surface area contributed by atoms with E-state index in [0.717, 1.165) is 26.1 Å². The fourth-order valence-electron chi connectivity index (χ4n) is 3.31. The molecule has 106 valence electrons. The molecule has 0 aromatic rings. The number of piperazine rings is 1. The summed E-state index contributed by atoms with van der Waals surface area (Å²) < 4.78 is 22.3. The van der Waals surface area contributed by atoms with Gasteiger partial charge in [-0.2, -0.15) is 0 Å². The van der Waals surface area contributed by atoms with E-state index in [1.807, 2.05) is 0 Å². The second-order valence-electron chi connectivity index (χ2n) is 6.17. The van der Waals surface area contributed by atoms with Crippen molar-refractivity contribution in [2.24, 2.45) is 0 Å². The van der Waals surface area contributed by atoms with Crippen LogP contribution in [0.2, 0.25) is 0 Å². The van der Waals surface area contributed by atoms with Crippen LogP contribution in [0.1, 0.15) is 39.0 Å². The molecule has 0 bridgehead atoms. The maximum atomic E-state index is 11.2. The molecule has 0 radical (unpaired) electrons. The van der Waals surface area contributed by atoms with E-state index >= 15 is 0 Å². The third kappa shape index (κ3) is 3.68. The van der Waals surface area contributed by atoms with E-state index in [0.29, 0.717) is 17.3 Å². The van der Waals surface area contributed by atoms with Crippen LogP contribution in [0.4, 0.5) is 0 Å². The quantitative estimate of drug-likeness (QED) is 0.832. The van der Waals surface area contributed by atoms with Crippen LogP contribution >= 0.6 is 0 Å². The summed E-state index contributed by atoms with van der Waals surface area (Å²) in [5.41, 5.74) is 0.331. The lowest BCUT2D eigenvalue weighted by Crippen LogP contribution is -2.62. The third-order valence-corrected chi connectivity index (χ3v) is 5.45. The molecule has 1 N–H and O–H groups in total. The Morgan fingerprint density at radius 2 is 2.00 bits per heavy atom. The molecular formula is C13H26N2O2S. The number of rotatable bonds is 4. The van der Waals surface area contributed by atoms with Crippen LogP contribution in [0.15, 0.2) is 0 Å². The van der Waals surface area contributed by atoms with Crippen molar-refractivity contribution in [2.45, 2.75) is 50.6 Å². The van der Waals surface area contributed by atoms with Gasteiger partial charge in [0.05, 0.1) is 5.75 Å². The lowest BCUT2D eigenvalue weighted by molar-refractivity contribution is 0.0895. The van der Waals surface area contributed by atoms with Crippen molar-refractivity contribution in [3.63, 3.8) is 0 Å². The molecular weight excluding hydrogens is 248 g/mol. The fourth-order valence-corrected chi connectivity index (χ4v) is 3.96. The standard InChI is InChI=1S/C13H26N2O2S/c1-12-10-14-13(6-3-4-7-13)11-15(12)8-5-9-18(2,16)17/h12,14H,3-11H2,1-2H3. The highest BCUT2D eigenvalue weighted by atomic mass is 32.2. The molecule has 1 spiro atoms. The second-order valence-corrected chi connectivity index (χ2v) is 8.43. The van der Waals surface area contributed by atoms with Crippen LogP contribution in [0, 0.1) is 0 Å². The monoisotopic (exact) mass is 274 g/mol. The second kappa shape index (κ2) is 5.47. The predicted octanol–water partition coefficient (Wildman–Crippen LogP) is 1.03. The molecule has 2 fully saturated rings. The number of nitrogens with zero attached hydrogens (tertiary/aromatic N) is 1. The minimum Gasteiger partial charge on any atom is -0.308 e. The molecule has 1 unspecified atom stereocenters. The molecule has 5 heteroatoms. The van der Waals surface area contributed by atoms with E-state index in [1.54, 1.807) is 0 Å². The summed E-state index contributed by atoms with van der Waals surface area (Å²) in [6, 6.07) is 0.524. The number of nitrogens with one attached hydrogen (secondary N) is 1. The van der Waals surface area contributed by atoms with Crippen LogP contribution in [0.3, 0.4) is 0 Å². The van der Waals surface area contributed by atoms with Crippen LogP contribution in [-0.2, 0) is 9.84 Å². The smallest absolute Gasteiger partial charge is 0.147 e.